The van der Waals surface area contributed by atoms with E-state index in [4.69, 9.17) is 0 Å². The second-order valence-corrected chi connectivity index (χ2v) is 9.59. The summed E-state index contributed by atoms with van der Waals surface area (Å²) in [5, 5.41) is 10.1. The molecule has 0 aliphatic heterocycles. The first-order valence-electron chi connectivity index (χ1n) is 10.2. The van der Waals surface area contributed by atoms with E-state index in [1.807, 2.05) is 6.08 Å². The number of allylic oxidation sites excluding steroid dienone is 1. The van der Waals surface area contributed by atoms with Gasteiger partial charge in [0.25, 0.3) is 0 Å². The lowest BCUT2D eigenvalue weighted by Crippen LogP contribution is -2.52. The Morgan fingerprint density at radius 1 is 1.21 bits per heavy atom. The quantitative estimate of drug-likeness (QED) is 0.688. The van der Waals surface area contributed by atoms with Gasteiger partial charge in [-0.15, -0.1) is 0 Å². The highest BCUT2D eigenvalue weighted by Crippen LogP contribution is 2.79. The van der Waals surface area contributed by atoms with Crippen molar-refractivity contribution in [2.75, 3.05) is 0 Å². The summed E-state index contributed by atoms with van der Waals surface area (Å²) in [4.78, 5) is 11.8. The summed E-state index contributed by atoms with van der Waals surface area (Å²) >= 11 is 0. The molecule has 0 unspecified atom stereocenters. The minimum Gasteiger partial charge on any atom is -0.295 e. The third kappa shape index (κ3) is 1.60. The number of carbonyl (C=O) groups excluding carboxylic acids is 1. The van der Waals surface area contributed by atoms with Crippen molar-refractivity contribution in [2.45, 2.75) is 65.2 Å². The molecule has 5 aliphatic rings. The van der Waals surface area contributed by atoms with Crippen LogP contribution in [0.3, 0.4) is 0 Å². The molecule has 0 spiro atoms. The van der Waals surface area contributed by atoms with E-state index in [0.29, 0.717) is 17.6 Å². The Labute approximate surface area is 145 Å². The van der Waals surface area contributed by atoms with Crippen molar-refractivity contribution in [2.24, 2.45) is 46.3 Å². The highest BCUT2D eigenvalue weighted by molar-refractivity contribution is 5.91. The minimum atomic E-state index is -0.0826. The Morgan fingerprint density at radius 2 is 2.04 bits per heavy atom. The van der Waals surface area contributed by atoms with Crippen LogP contribution in [-0.2, 0) is 4.79 Å². The molecule has 0 aromatic rings. The molecule has 0 heterocycles. The predicted molar refractivity (Wildman–Crippen MR) is 92.8 cm³/mol. The molecule has 2 nitrogen and oxygen atoms in total. The Bertz CT molecular complexity index is 672. The van der Waals surface area contributed by atoms with E-state index in [2.05, 4.69) is 19.9 Å². The summed E-state index contributed by atoms with van der Waals surface area (Å²) in [5.41, 5.74) is 1.67. The molecule has 4 fully saturated rings. The first kappa shape index (κ1) is 15.2. The summed E-state index contributed by atoms with van der Waals surface area (Å²) in [6.45, 7) is 4.65. The maximum atomic E-state index is 11.8. The molecular weight excluding hydrogens is 294 g/mol. The zero-order chi connectivity index (χ0) is 16.7. The molecule has 4 saturated carbocycles. The van der Waals surface area contributed by atoms with Gasteiger partial charge in [0.2, 0.25) is 0 Å². The number of hydrogen-bond acceptors (Lipinski definition) is 2. The van der Waals surface area contributed by atoms with Crippen LogP contribution in [0.2, 0.25) is 0 Å². The standard InChI is InChI=1S/C22H29NO/c1-3-22-9-8-16-15-7-5-14(24)10-13(15)4-6-17(16)20(22)18-11-19(18)21(22,2)12-23/h10,15-20H,3-9,11H2,1-2H3/t15-,16+,17+,18+,19-,20+,21-,22-/m0/s1. The number of nitrogens with zero attached hydrogens (tertiary/aromatic N) is 1. The number of nitriles is 1. The highest BCUT2D eigenvalue weighted by Gasteiger charge is 2.75. The summed E-state index contributed by atoms with van der Waals surface area (Å²) in [5.74, 6) is 4.95. The monoisotopic (exact) mass is 323 g/mol. The van der Waals surface area contributed by atoms with Gasteiger partial charge in [-0.1, -0.05) is 12.5 Å². The Hall–Kier alpha value is -1.10. The lowest BCUT2D eigenvalue weighted by Gasteiger charge is -2.57. The fraction of sp³-hybridized carbons (Fsp3) is 0.818. The summed E-state index contributed by atoms with van der Waals surface area (Å²) in [7, 11) is 0. The zero-order valence-corrected chi connectivity index (χ0v) is 15.1. The van der Waals surface area contributed by atoms with Crippen LogP contribution in [-0.4, -0.2) is 5.78 Å². The molecule has 8 atom stereocenters. The van der Waals surface area contributed by atoms with Gasteiger partial charge in [0, 0.05) is 6.42 Å². The molecule has 0 aromatic carbocycles. The van der Waals surface area contributed by atoms with Crippen LogP contribution >= 0.6 is 0 Å². The van der Waals surface area contributed by atoms with Crippen molar-refractivity contribution in [1.29, 1.82) is 5.26 Å². The molecule has 24 heavy (non-hydrogen) atoms. The summed E-state index contributed by atoms with van der Waals surface area (Å²) in [6, 6.07) is 2.82. The number of carbonyl (C=O) groups is 1. The predicted octanol–water partition coefficient (Wildman–Crippen LogP) is 4.90. The lowest BCUT2D eigenvalue weighted by molar-refractivity contribution is -0.116. The van der Waals surface area contributed by atoms with Gasteiger partial charge < -0.3 is 0 Å². The van der Waals surface area contributed by atoms with Gasteiger partial charge in [0.1, 0.15) is 0 Å². The highest BCUT2D eigenvalue weighted by atomic mass is 16.1. The average Bonchev–Trinajstić information content (AvgIpc) is 3.36. The van der Waals surface area contributed by atoms with E-state index in [1.54, 1.807) is 0 Å². The molecule has 5 aliphatic carbocycles. The molecule has 0 radical (unpaired) electrons. The van der Waals surface area contributed by atoms with Gasteiger partial charge in [-0.2, -0.15) is 5.26 Å². The van der Waals surface area contributed by atoms with Crippen LogP contribution in [0.1, 0.15) is 65.2 Å². The topological polar surface area (TPSA) is 40.9 Å². The molecule has 0 amide bonds. The first-order chi connectivity index (χ1) is 11.6. The SMILES string of the molecule is CC[C@]12CC[C@H]3[C@@H](CCC4=CC(=O)CC[C@@H]43)[C@@H]1[C@@H]1C[C@@H]1[C@]2(C)C#N. The van der Waals surface area contributed by atoms with E-state index in [-0.39, 0.29) is 10.8 Å². The van der Waals surface area contributed by atoms with Gasteiger partial charge in [0.15, 0.2) is 5.78 Å². The van der Waals surface area contributed by atoms with Crippen LogP contribution in [0.5, 0.6) is 0 Å². The van der Waals surface area contributed by atoms with Crippen molar-refractivity contribution < 1.29 is 4.79 Å². The molecule has 0 bridgehead atoms. The van der Waals surface area contributed by atoms with E-state index in [9.17, 15) is 10.1 Å². The molecule has 0 saturated heterocycles. The summed E-state index contributed by atoms with van der Waals surface area (Å²) in [6.07, 6.45) is 11.3. The maximum absolute atomic E-state index is 11.8. The van der Waals surface area contributed by atoms with E-state index >= 15 is 0 Å². The van der Waals surface area contributed by atoms with Gasteiger partial charge in [0.05, 0.1) is 11.5 Å². The second-order valence-electron chi connectivity index (χ2n) is 9.59. The number of fused-ring (bicyclic) bond motifs is 7. The van der Waals surface area contributed by atoms with E-state index in [1.165, 1.54) is 37.7 Å². The van der Waals surface area contributed by atoms with Gasteiger partial charge in [-0.3, -0.25) is 4.79 Å². The van der Waals surface area contributed by atoms with Crippen LogP contribution in [0.15, 0.2) is 11.6 Å². The maximum Gasteiger partial charge on any atom is 0.155 e. The lowest BCUT2D eigenvalue weighted by atomic mass is 9.46. The van der Waals surface area contributed by atoms with Crippen LogP contribution in [0.25, 0.3) is 0 Å². The minimum absolute atomic E-state index is 0.0826. The average molecular weight is 323 g/mol. The smallest absolute Gasteiger partial charge is 0.155 e. The Balaban J connectivity index is 1.53. The number of rotatable bonds is 1. The first-order valence-corrected chi connectivity index (χ1v) is 10.2. The van der Waals surface area contributed by atoms with Gasteiger partial charge >= 0.3 is 0 Å². The van der Waals surface area contributed by atoms with Crippen LogP contribution < -0.4 is 0 Å². The zero-order valence-electron chi connectivity index (χ0n) is 15.1. The Kier molecular flexibility index (Phi) is 3.00. The Morgan fingerprint density at radius 3 is 2.79 bits per heavy atom. The normalized spacial score (nSPS) is 54.7. The fourth-order valence-corrected chi connectivity index (χ4v) is 8.28. The van der Waals surface area contributed by atoms with Gasteiger partial charge in [-0.25, -0.2) is 0 Å². The van der Waals surface area contributed by atoms with Crippen molar-refractivity contribution in [1.82, 2.24) is 0 Å². The second kappa shape index (κ2) is 4.75. The third-order valence-electron chi connectivity index (χ3n) is 9.32. The van der Waals surface area contributed by atoms with Crippen molar-refractivity contribution in [3.05, 3.63) is 11.6 Å². The fourth-order valence-electron chi connectivity index (χ4n) is 8.28. The van der Waals surface area contributed by atoms with E-state index in [0.717, 1.165) is 42.9 Å². The molecule has 0 aromatic heterocycles. The largest absolute Gasteiger partial charge is 0.295 e. The van der Waals surface area contributed by atoms with Crippen molar-refractivity contribution in [3.63, 3.8) is 0 Å². The molecule has 128 valence electrons. The van der Waals surface area contributed by atoms with Crippen molar-refractivity contribution in [3.8, 4) is 6.07 Å². The summed E-state index contributed by atoms with van der Waals surface area (Å²) < 4.78 is 0. The molecule has 5 rings (SSSR count). The van der Waals surface area contributed by atoms with Crippen LogP contribution in [0, 0.1) is 57.7 Å². The van der Waals surface area contributed by atoms with Crippen molar-refractivity contribution >= 4 is 5.78 Å². The number of hydrogen-bond donors (Lipinski definition) is 0. The number of ketones is 1. The molecule has 2 heteroatoms. The van der Waals surface area contributed by atoms with Gasteiger partial charge in [-0.05, 0) is 98.9 Å². The van der Waals surface area contributed by atoms with Crippen LogP contribution in [0.4, 0.5) is 0 Å². The molecular formula is C22H29NO. The third-order valence-corrected chi connectivity index (χ3v) is 9.32. The van der Waals surface area contributed by atoms with E-state index < -0.39 is 0 Å². The molecule has 0 N–H and O–H groups in total.